The Bertz CT molecular complexity index is 760. The standard InChI is InChI=1S/C18H22N2O3/c1-13-6-5-9-16-19-15(11-17(21)20(13)16)12-23-18(22)10-14-7-3-2-4-8-14/h5-6,9,11,14H,2-4,7-8,10,12H2,1H3. The second kappa shape index (κ2) is 6.94. The summed E-state index contributed by atoms with van der Waals surface area (Å²) in [7, 11) is 0. The highest BCUT2D eigenvalue weighted by Gasteiger charge is 2.18. The van der Waals surface area contributed by atoms with Gasteiger partial charge in [0.25, 0.3) is 5.56 Å². The number of nitrogens with zero attached hydrogens (tertiary/aromatic N) is 2. The van der Waals surface area contributed by atoms with Crippen LogP contribution in [0.4, 0.5) is 0 Å². The summed E-state index contributed by atoms with van der Waals surface area (Å²) in [6.07, 6.45) is 6.40. The Kier molecular flexibility index (Phi) is 4.74. The molecule has 1 aliphatic carbocycles. The number of aryl methyl sites for hydroxylation is 1. The molecule has 1 aliphatic rings. The van der Waals surface area contributed by atoms with Crippen molar-refractivity contribution in [2.75, 3.05) is 0 Å². The number of carbonyl (C=O) groups is 1. The fourth-order valence-electron chi connectivity index (χ4n) is 3.28. The SMILES string of the molecule is Cc1cccc2nc(COC(=O)CC3CCCCC3)cc(=O)n12. The van der Waals surface area contributed by atoms with E-state index in [4.69, 9.17) is 4.74 Å². The number of aromatic nitrogens is 2. The highest BCUT2D eigenvalue weighted by Crippen LogP contribution is 2.26. The van der Waals surface area contributed by atoms with Crippen LogP contribution >= 0.6 is 0 Å². The molecule has 1 fully saturated rings. The topological polar surface area (TPSA) is 60.7 Å². The van der Waals surface area contributed by atoms with E-state index in [1.54, 1.807) is 10.5 Å². The van der Waals surface area contributed by atoms with Crippen LogP contribution in [0.15, 0.2) is 29.1 Å². The zero-order valence-corrected chi connectivity index (χ0v) is 13.5. The Morgan fingerprint density at radius 2 is 2.09 bits per heavy atom. The summed E-state index contributed by atoms with van der Waals surface area (Å²) in [6, 6.07) is 6.94. The van der Waals surface area contributed by atoms with Crippen LogP contribution in [0.25, 0.3) is 5.65 Å². The van der Waals surface area contributed by atoms with Crippen LogP contribution in [-0.2, 0) is 16.1 Å². The fourth-order valence-corrected chi connectivity index (χ4v) is 3.28. The van der Waals surface area contributed by atoms with Crippen LogP contribution in [0.3, 0.4) is 0 Å². The number of hydrogen-bond donors (Lipinski definition) is 0. The summed E-state index contributed by atoms with van der Waals surface area (Å²) in [5.74, 6) is 0.261. The molecule has 0 bridgehead atoms. The number of carbonyl (C=O) groups excluding carboxylic acids is 1. The Labute approximate surface area is 135 Å². The lowest BCUT2D eigenvalue weighted by Gasteiger charge is -2.20. The largest absolute Gasteiger partial charge is 0.459 e. The smallest absolute Gasteiger partial charge is 0.306 e. The molecule has 0 saturated heterocycles. The first-order valence-electron chi connectivity index (χ1n) is 8.27. The van der Waals surface area contributed by atoms with Crippen molar-refractivity contribution in [3.8, 4) is 0 Å². The maximum absolute atomic E-state index is 12.2. The van der Waals surface area contributed by atoms with Crippen molar-refractivity contribution in [3.63, 3.8) is 0 Å². The molecule has 0 amide bonds. The third kappa shape index (κ3) is 3.78. The molecule has 0 unspecified atom stereocenters. The summed E-state index contributed by atoms with van der Waals surface area (Å²) in [4.78, 5) is 28.5. The first-order valence-corrected chi connectivity index (χ1v) is 8.27. The van der Waals surface area contributed by atoms with E-state index in [9.17, 15) is 9.59 Å². The van der Waals surface area contributed by atoms with Crippen molar-refractivity contribution in [2.24, 2.45) is 5.92 Å². The molecule has 0 N–H and O–H groups in total. The maximum Gasteiger partial charge on any atom is 0.306 e. The van der Waals surface area contributed by atoms with E-state index in [1.165, 1.54) is 25.3 Å². The summed E-state index contributed by atoms with van der Waals surface area (Å²) in [6.45, 7) is 1.92. The lowest BCUT2D eigenvalue weighted by molar-refractivity contribution is -0.146. The number of hydrogen-bond acceptors (Lipinski definition) is 4. The van der Waals surface area contributed by atoms with Gasteiger partial charge in [-0.05, 0) is 37.8 Å². The lowest BCUT2D eigenvalue weighted by atomic mass is 9.87. The number of esters is 1. The first-order chi connectivity index (χ1) is 11.1. The highest BCUT2D eigenvalue weighted by atomic mass is 16.5. The quantitative estimate of drug-likeness (QED) is 0.814. The zero-order chi connectivity index (χ0) is 16.2. The van der Waals surface area contributed by atoms with Gasteiger partial charge in [-0.3, -0.25) is 14.0 Å². The van der Waals surface area contributed by atoms with Gasteiger partial charge in [0.05, 0.1) is 5.69 Å². The average molecular weight is 314 g/mol. The molecule has 0 radical (unpaired) electrons. The van der Waals surface area contributed by atoms with Crippen molar-refractivity contribution in [1.29, 1.82) is 0 Å². The molecule has 0 aliphatic heterocycles. The second-order valence-corrected chi connectivity index (χ2v) is 6.32. The molecular formula is C18H22N2O3. The van der Waals surface area contributed by atoms with Crippen LogP contribution in [0.5, 0.6) is 0 Å². The summed E-state index contributed by atoms with van der Waals surface area (Å²) >= 11 is 0. The number of pyridine rings is 1. The van der Waals surface area contributed by atoms with Gasteiger partial charge in [-0.2, -0.15) is 0 Å². The normalized spacial score (nSPS) is 15.7. The average Bonchev–Trinajstić information content (AvgIpc) is 2.54. The molecule has 3 rings (SSSR count). The van der Waals surface area contributed by atoms with E-state index >= 15 is 0 Å². The third-order valence-electron chi connectivity index (χ3n) is 4.49. The van der Waals surface area contributed by atoms with Gasteiger partial charge in [-0.1, -0.05) is 25.3 Å². The highest BCUT2D eigenvalue weighted by molar-refractivity contribution is 5.69. The van der Waals surface area contributed by atoms with E-state index in [-0.39, 0.29) is 18.1 Å². The minimum atomic E-state index is -0.192. The molecule has 0 spiro atoms. The van der Waals surface area contributed by atoms with Gasteiger partial charge < -0.3 is 4.74 Å². The Morgan fingerprint density at radius 3 is 2.87 bits per heavy atom. The van der Waals surface area contributed by atoms with Crippen LogP contribution in [-0.4, -0.2) is 15.4 Å². The monoisotopic (exact) mass is 314 g/mol. The molecular weight excluding hydrogens is 292 g/mol. The van der Waals surface area contributed by atoms with Crippen LogP contribution in [0.1, 0.15) is 49.9 Å². The molecule has 2 heterocycles. The van der Waals surface area contributed by atoms with Gasteiger partial charge in [-0.15, -0.1) is 0 Å². The Balaban J connectivity index is 1.65. The molecule has 2 aromatic rings. The number of fused-ring (bicyclic) bond motifs is 1. The molecule has 0 aromatic carbocycles. The lowest BCUT2D eigenvalue weighted by Crippen LogP contribution is -2.19. The molecule has 0 atom stereocenters. The van der Waals surface area contributed by atoms with Crippen molar-refractivity contribution in [2.45, 2.75) is 52.1 Å². The van der Waals surface area contributed by atoms with Crippen LogP contribution in [0.2, 0.25) is 0 Å². The van der Waals surface area contributed by atoms with Gasteiger partial charge in [-0.25, -0.2) is 4.98 Å². The molecule has 5 nitrogen and oxygen atoms in total. The van der Waals surface area contributed by atoms with Crippen molar-refractivity contribution in [3.05, 3.63) is 46.0 Å². The van der Waals surface area contributed by atoms with Gasteiger partial charge >= 0.3 is 5.97 Å². The maximum atomic E-state index is 12.2. The number of rotatable bonds is 4. The predicted molar refractivity (Wildman–Crippen MR) is 87.2 cm³/mol. The fraction of sp³-hybridized carbons (Fsp3) is 0.500. The Morgan fingerprint density at radius 1 is 1.30 bits per heavy atom. The number of ether oxygens (including phenoxy) is 1. The summed E-state index contributed by atoms with van der Waals surface area (Å²) in [5.41, 5.74) is 1.76. The molecule has 23 heavy (non-hydrogen) atoms. The van der Waals surface area contributed by atoms with Gasteiger partial charge in [0.15, 0.2) is 0 Å². The first kappa shape index (κ1) is 15.7. The predicted octanol–water partition coefficient (Wildman–Crippen LogP) is 3.02. The second-order valence-electron chi connectivity index (χ2n) is 6.32. The van der Waals surface area contributed by atoms with Gasteiger partial charge in [0.1, 0.15) is 12.3 Å². The Hall–Kier alpha value is -2.17. The minimum Gasteiger partial charge on any atom is -0.459 e. The molecule has 122 valence electrons. The van der Waals surface area contributed by atoms with Crippen LogP contribution in [0, 0.1) is 12.8 Å². The summed E-state index contributed by atoms with van der Waals surface area (Å²) in [5, 5.41) is 0. The third-order valence-corrected chi connectivity index (χ3v) is 4.49. The van der Waals surface area contributed by atoms with E-state index in [1.807, 2.05) is 19.1 Å². The van der Waals surface area contributed by atoms with E-state index in [2.05, 4.69) is 4.98 Å². The molecule has 1 saturated carbocycles. The zero-order valence-electron chi connectivity index (χ0n) is 13.5. The van der Waals surface area contributed by atoms with E-state index in [0.717, 1.165) is 18.5 Å². The van der Waals surface area contributed by atoms with Crippen molar-refractivity contribution < 1.29 is 9.53 Å². The van der Waals surface area contributed by atoms with Gasteiger partial charge in [0.2, 0.25) is 0 Å². The van der Waals surface area contributed by atoms with E-state index < -0.39 is 0 Å². The summed E-state index contributed by atoms with van der Waals surface area (Å²) < 4.78 is 6.86. The van der Waals surface area contributed by atoms with Gasteiger partial charge in [0, 0.05) is 18.2 Å². The minimum absolute atomic E-state index is 0.0607. The van der Waals surface area contributed by atoms with Crippen molar-refractivity contribution >= 4 is 11.6 Å². The van der Waals surface area contributed by atoms with E-state index in [0.29, 0.717) is 23.7 Å². The molecule has 5 heteroatoms. The van der Waals surface area contributed by atoms with Crippen molar-refractivity contribution in [1.82, 2.24) is 9.38 Å². The molecule has 2 aromatic heterocycles. The van der Waals surface area contributed by atoms with Crippen LogP contribution < -0.4 is 5.56 Å².